The van der Waals surface area contributed by atoms with E-state index in [0.29, 0.717) is 12.2 Å². The van der Waals surface area contributed by atoms with E-state index in [4.69, 9.17) is 5.73 Å². The molecular weight excluding hydrogens is 194 g/mol. The molecule has 3 N–H and O–H groups in total. The van der Waals surface area contributed by atoms with E-state index in [1.807, 2.05) is 6.92 Å². The summed E-state index contributed by atoms with van der Waals surface area (Å²) in [7, 11) is 0. The highest BCUT2D eigenvalue weighted by Gasteiger charge is 2.07. The number of rotatable bonds is 3. The molecule has 0 aliphatic rings. The highest BCUT2D eigenvalue weighted by Crippen LogP contribution is 2.03. The number of hydrogen-bond acceptors (Lipinski definition) is 3. The van der Waals surface area contributed by atoms with Crippen LogP contribution in [0.4, 0.5) is 5.69 Å². The van der Waals surface area contributed by atoms with Gasteiger partial charge in [-0.15, -0.1) is 0 Å². The molecule has 5 nitrogen and oxygen atoms in total. The SMILES string of the molecule is CCn1cc(NC(=O)[C@H](C)N)ccc1=O. The molecule has 82 valence electrons. The monoisotopic (exact) mass is 209 g/mol. The third-order valence-electron chi connectivity index (χ3n) is 2.01. The molecule has 1 aromatic rings. The smallest absolute Gasteiger partial charge is 0.250 e. The van der Waals surface area contributed by atoms with Crippen LogP contribution >= 0.6 is 0 Å². The molecule has 0 aliphatic heterocycles. The van der Waals surface area contributed by atoms with Crippen LogP contribution < -0.4 is 16.6 Å². The highest BCUT2D eigenvalue weighted by molar-refractivity contribution is 5.94. The fraction of sp³-hybridized carbons (Fsp3) is 0.400. The van der Waals surface area contributed by atoms with Gasteiger partial charge in [-0.25, -0.2) is 0 Å². The molecule has 0 unspecified atom stereocenters. The van der Waals surface area contributed by atoms with Gasteiger partial charge in [-0.1, -0.05) is 0 Å². The summed E-state index contributed by atoms with van der Waals surface area (Å²) in [5, 5.41) is 2.62. The zero-order valence-electron chi connectivity index (χ0n) is 8.86. The molecule has 0 saturated heterocycles. The van der Waals surface area contributed by atoms with Crippen LogP contribution in [0.1, 0.15) is 13.8 Å². The molecule has 1 aromatic heterocycles. The Balaban J connectivity index is 2.88. The summed E-state index contributed by atoms with van der Waals surface area (Å²) in [4.78, 5) is 22.5. The molecule has 5 heteroatoms. The van der Waals surface area contributed by atoms with Crippen molar-refractivity contribution in [3.63, 3.8) is 0 Å². The van der Waals surface area contributed by atoms with Gasteiger partial charge in [-0.05, 0) is 19.9 Å². The number of nitrogens with zero attached hydrogens (tertiary/aromatic N) is 1. The molecular formula is C10H15N3O2. The van der Waals surface area contributed by atoms with Crippen LogP contribution in [-0.2, 0) is 11.3 Å². The Kier molecular flexibility index (Phi) is 3.62. The van der Waals surface area contributed by atoms with Crippen molar-refractivity contribution in [2.45, 2.75) is 26.4 Å². The number of carbonyl (C=O) groups is 1. The average Bonchev–Trinajstić information content (AvgIpc) is 2.20. The van der Waals surface area contributed by atoms with Crippen molar-refractivity contribution < 1.29 is 4.79 Å². The average molecular weight is 209 g/mol. The Bertz CT molecular complexity index is 409. The first-order chi connectivity index (χ1) is 7.04. The van der Waals surface area contributed by atoms with Gasteiger partial charge in [-0.2, -0.15) is 0 Å². The number of nitrogens with one attached hydrogen (secondary N) is 1. The Hall–Kier alpha value is -1.62. The van der Waals surface area contributed by atoms with Crippen LogP contribution in [0.15, 0.2) is 23.1 Å². The van der Waals surface area contributed by atoms with E-state index in [1.54, 1.807) is 19.2 Å². The zero-order chi connectivity index (χ0) is 11.4. The predicted octanol–water partition coefficient (Wildman–Crippen LogP) is 0.154. The molecule has 0 saturated carbocycles. The molecule has 1 heterocycles. The van der Waals surface area contributed by atoms with Gasteiger partial charge in [-0.3, -0.25) is 9.59 Å². The van der Waals surface area contributed by atoms with E-state index < -0.39 is 6.04 Å². The minimum atomic E-state index is -0.563. The van der Waals surface area contributed by atoms with Crippen molar-refractivity contribution in [3.05, 3.63) is 28.7 Å². The van der Waals surface area contributed by atoms with Crippen molar-refractivity contribution in [1.82, 2.24) is 4.57 Å². The fourth-order valence-electron chi connectivity index (χ4n) is 1.11. The third-order valence-corrected chi connectivity index (χ3v) is 2.01. The van der Waals surface area contributed by atoms with Crippen molar-refractivity contribution in [2.24, 2.45) is 5.73 Å². The summed E-state index contributed by atoms with van der Waals surface area (Å²) >= 11 is 0. The van der Waals surface area contributed by atoms with Crippen LogP contribution in [0.3, 0.4) is 0 Å². The second-order valence-electron chi connectivity index (χ2n) is 3.32. The van der Waals surface area contributed by atoms with E-state index in [-0.39, 0.29) is 11.5 Å². The molecule has 1 rings (SSSR count). The maximum absolute atomic E-state index is 11.3. The molecule has 0 aromatic carbocycles. The van der Waals surface area contributed by atoms with Gasteiger partial charge in [0.15, 0.2) is 0 Å². The molecule has 0 radical (unpaired) electrons. The molecule has 15 heavy (non-hydrogen) atoms. The molecule has 0 fully saturated rings. The maximum atomic E-state index is 11.3. The van der Waals surface area contributed by atoms with Gasteiger partial charge in [0, 0.05) is 18.8 Å². The number of nitrogens with two attached hydrogens (primary N) is 1. The van der Waals surface area contributed by atoms with E-state index in [0.717, 1.165) is 0 Å². The lowest BCUT2D eigenvalue weighted by Crippen LogP contribution is -2.33. The Morgan fingerprint density at radius 2 is 2.27 bits per heavy atom. The summed E-state index contributed by atoms with van der Waals surface area (Å²) in [5.41, 5.74) is 5.90. The van der Waals surface area contributed by atoms with Crippen molar-refractivity contribution in [2.75, 3.05) is 5.32 Å². The number of aryl methyl sites for hydroxylation is 1. The van der Waals surface area contributed by atoms with Gasteiger partial charge in [0.05, 0.1) is 11.7 Å². The number of amides is 1. The van der Waals surface area contributed by atoms with E-state index in [1.165, 1.54) is 10.6 Å². The van der Waals surface area contributed by atoms with E-state index in [2.05, 4.69) is 5.32 Å². The topological polar surface area (TPSA) is 77.1 Å². The van der Waals surface area contributed by atoms with E-state index >= 15 is 0 Å². The molecule has 1 atom stereocenters. The van der Waals surface area contributed by atoms with Crippen LogP contribution in [0.25, 0.3) is 0 Å². The number of pyridine rings is 1. The lowest BCUT2D eigenvalue weighted by Gasteiger charge is -2.09. The number of aromatic nitrogens is 1. The van der Waals surface area contributed by atoms with Gasteiger partial charge in [0.25, 0.3) is 5.56 Å². The van der Waals surface area contributed by atoms with Crippen LogP contribution in [0.2, 0.25) is 0 Å². The first-order valence-electron chi connectivity index (χ1n) is 4.81. The van der Waals surface area contributed by atoms with Crippen molar-refractivity contribution in [3.8, 4) is 0 Å². The zero-order valence-corrected chi connectivity index (χ0v) is 8.86. The quantitative estimate of drug-likeness (QED) is 0.744. The van der Waals surface area contributed by atoms with Crippen LogP contribution in [0, 0.1) is 0 Å². The van der Waals surface area contributed by atoms with E-state index in [9.17, 15) is 9.59 Å². The summed E-state index contributed by atoms with van der Waals surface area (Å²) in [6, 6.07) is 2.42. The lowest BCUT2D eigenvalue weighted by atomic mass is 10.3. The predicted molar refractivity (Wildman–Crippen MR) is 58.7 cm³/mol. The summed E-state index contributed by atoms with van der Waals surface area (Å²) in [6.45, 7) is 4.03. The Morgan fingerprint density at radius 1 is 1.60 bits per heavy atom. The van der Waals surface area contributed by atoms with Crippen LogP contribution in [-0.4, -0.2) is 16.5 Å². The van der Waals surface area contributed by atoms with Gasteiger partial charge >= 0.3 is 0 Å². The minimum absolute atomic E-state index is 0.0868. The second-order valence-corrected chi connectivity index (χ2v) is 3.32. The van der Waals surface area contributed by atoms with Crippen LogP contribution in [0.5, 0.6) is 0 Å². The van der Waals surface area contributed by atoms with Crippen molar-refractivity contribution >= 4 is 11.6 Å². The van der Waals surface area contributed by atoms with Gasteiger partial charge in [0.1, 0.15) is 0 Å². The molecule has 0 bridgehead atoms. The largest absolute Gasteiger partial charge is 0.323 e. The Morgan fingerprint density at radius 3 is 2.80 bits per heavy atom. The second kappa shape index (κ2) is 4.75. The first kappa shape index (κ1) is 11.5. The number of carbonyl (C=O) groups excluding carboxylic acids is 1. The highest BCUT2D eigenvalue weighted by atomic mass is 16.2. The maximum Gasteiger partial charge on any atom is 0.250 e. The molecule has 0 spiro atoms. The number of anilines is 1. The normalized spacial score (nSPS) is 12.2. The first-order valence-corrected chi connectivity index (χ1v) is 4.81. The number of hydrogen-bond donors (Lipinski definition) is 2. The summed E-state index contributed by atoms with van der Waals surface area (Å²) in [5.74, 6) is -0.267. The fourth-order valence-corrected chi connectivity index (χ4v) is 1.11. The molecule has 1 amide bonds. The standard InChI is InChI=1S/C10H15N3O2/c1-3-13-6-8(4-5-9(13)14)12-10(15)7(2)11/h4-7H,3,11H2,1-2H3,(H,12,15)/t7-/m0/s1. The summed E-state index contributed by atoms with van der Waals surface area (Å²) in [6.07, 6.45) is 1.60. The van der Waals surface area contributed by atoms with Gasteiger partial charge < -0.3 is 15.6 Å². The summed E-state index contributed by atoms with van der Waals surface area (Å²) < 4.78 is 1.51. The van der Waals surface area contributed by atoms with Gasteiger partial charge in [0.2, 0.25) is 5.91 Å². The Labute approximate surface area is 87.9 Å². The molecule has 0 aliphatic carbocycles. The van der Waals surface area contributed by atoms with Crippen molar-refractivity contribution in [1.29, 1.82) is 0 Å². The lowest BCUT2D eigenvalue weighted by molar-refractivity contribution is -0.117. The minimum Gasteiger partial charge on any atom is -0.323 e. The third kappa shape index (κ3) is 2.92.